The van der Waals surface area contributed by atoms with Crippen molar-refractivity contribution < 1.29 is 9.53 Å². The van der Waals surface area contributed by atoms with E-state index in [-0.39, 0.29) is 11.9 Å². The monoisotopic (exact) mass is 237 g/mol. The Labute approximate surface area is 101 Å². The number of carbonyl (C=O) groups excluding carboxylic acids is 1. The third kappa shape index (κ3) is 2.65. The first-order valence-electron chi connectivity index (χ1n) is 6.24. The van der Waals surface area contributed by atoms with Crippen molar-refractivity contribution in [3.8, 4) is 0 Å². The summed E-state index contributed by atoms with van der Waals surface area (Å²) in [5.41, 5.74) is 1.28. The van der Waals surface area contributed by atoms with Gasteiger partial charge in [0, 0.05) is 6.54 Å². The van der Waals surface area contributed by atoms with Crippen molar-refractivity contribution in [2.24, 2.45) is 5.92 Å². The molecule has 5 heteroatoms. The molecule has 1 aromatic rings. The molecule has 0 aromatic carbocycles. The average molecular weight is 237 g/mol. The van der Waals surface area contributed by atoms with E-state index in [0.29, 0.717) is 18.2 Å². The summed E-state index contributed by atoms with van der Waals surface area (Å²) < 4.78 is 6.87. The molecule has 0 N–H and O–H groups in total. The van der Waals surface area contributed by atoms with E-state index in [0.717, 1.165) is 12.2 Å². The van der Waals surface area contributed by atoms with E-state index in [2.05, 4.69) is 10.3 Å². The van der Waals surface area contributed by atoms with Crippen LogP contribution < -0.4 is 0 Å². The molecule has 0 saturated heterocycles. The fourth-order valence-corrected chi connectivity index (χ4v) is 1.92. The van der Waals surface area contributed by atoms with Gasteiger partial charge in [-0.1, -0.05) is 19.1 Å². The normalized spacial score (nSPS) is 15.3. The summed E-state index contributed by atoms with van der Waals surface area (Å²) in [6.07, 6.45) is 2.51. The maximum Gasteiger partial charge on any atom is 0.360 e. The topological polar surface area (TPSA) is 57.0 Å². The first kappa shape index (κ1) is 12.1. The molecule has 2 rings (SSSR count). The predicted octanol–water partition coefficient (Wildman–Crippen LogP) is 1.99. The van der Waals surface area contributed by atoms with Crippen LogP contribution in [0.5, 0.6) is 0 Å². The third-order valence-corrected chi connectivity index (χ3v) is 2.92. The summed E-state index contributed by atoms with van der Waals surface area (Å²) in [5, 5.41) is 8.06. The third-order valence-electron chi connectivity index (χ3n) is 2.92. The maximum atomic E-state index is 11.7. The van der Waals surface area contributed by atoms with Gasteiger partial charge in [-0.2, -0.15) is 0 Å². The number of aromatic nitrogens is 3. The molecule has 1 saturated carbocycles. The van der Waals surface area contributed by atoms with Crippen LogP contribution in [0.2, 0.25) is 0 Å². The smallest absolute Gasteiger partial charge is 0.360 e. The Morgan fingerprint density at radius 1 is 1.53 bits per heavy atom. The standard InChI is InChI=1S/C12H19N3O2/c1-4-17-12(16)10-11(8(2)3)15(14-13-10)7-9-5-6-9/h8-9H,4-7H2,1-3H3. The lowest BCUT2D eigenvalue weighted by atomic mass is 10.1. The van der Waals surface area contributed by atoms with Crippen LogP contribution in [-0.4, -0.2) is 27.6 Å². The quantitative estimate of drug-likeness (QED) is 0.735. The molecule has 1 heterocycles. The van der Waals surface area contributed by atoms with Gasteiger partial charge in [0.15, 0.2) is 5.69 Å². The molecule has 0 atom stereocenters. The lowest BCUT2D eigenvalue weighted by Crippen LogP contribution is -2.13. The van der Waals surface area contributed by atoms with Crippen molar-refractivity contribution in [3.63, 3.8) is 0 Å². The largest absolute Gasteiger partial charge is 0.461 e. The van der Waals surface area contributed by atoms with Gasteiger partial charge in [0.05, 0.1) is 12.3 Å². The lowest BCUT2D eigenvalue weighted by molar-refractivity contribution is 0.0517. The Kier molecular flexibility index (Phi) is 3.45. The second-order valence-electron chi connectivity index (χ2n) is 4.82. The van der Waals surface area contributed by atoms with E-state index in [1.807, 2.05) is 18.5 Å². The van der Waals surface area contributed by atoms with Gasteiger partial charge in [0.25, 0.3) is 0 Å². The van der Waals surface area contributed by atoms with E-state index in [1.165, 1.54) is 12.8 Å². The van der Waals surface area contributed by atoms with Gasteiger partial charge in [-0.25, -0.2) is 9.48 Å². The Hall–Kier alpha value is -1.39. The summed E-state index contributed by atoms with van der Waals surface area (Å²) in [6.45, 7) is 7.13. The number of hydrogen-bond acceptors (Lipinski definition) is 4. The van der Waals surface area contributed by atoms with Crippen LogP contribution in [-0.2, 0) is 11.3 Å². The van der Waals surface area contributed by atoms with Crippen molar-refractivity contribution in [2.75, 3.05) is 6.61 Å². The first-order chi connectivity index (χ1) is 8.13. The highest BCUT2D eigenvalue weighted by Gasteiger charge is 2.27. The molecular formula is C12H19N3O2. The molecule has 0 radical (unpaired) electrons. The lowest BCUT2D eigenvalue weighted by Gasteiger charge is -2.10. The second-order valence-corrected chi connectivity index (χ2v) is 4.82. The summed E-state index contributed by atoms with van der Waals surface area (Å²) in [7, 11) is 0. The maximum absolute atomic E-state index is 11.7. The Morgan fingerprint density at radius 3 is 2.76 bits per heavy atom. The number of hydrogen-bond donors (Lipinski definition) is 0. The zero-order chi connectivity index (χ0) is 12.4. The molecule has 5 nitrogen and oxygen atoms in total. The molecule has 17 heavy (non-hydrogen) atoms. The van der Waals surface area contributed by atoms with Crippen LogP contribution in [0.25, 0.3) is 0 Å². The van der Waals surface area contributed by atoms with Gasteiger partial charge in [0.2, 0.25) is 0 Å². The predicted molar refractivity (Wildman–Crippen MR) is 62.8 cm³/mol. The SMILES string of the molecule is CCOC(=O)c1nnn(CC2CC2)c1C(C)C. The molecule has 1 aliphatic carbocycles. The molecule has 1 fully saturated rings. The fraction of sp³-hybridized carbons (Fsp3) is 0.750. The zero-order valence-corrected chi connectivity index (χ0v) is 10.6. The Bertz CT molecular complexity index is 408. The molecule has 1 aliphatic rings. The van der Waals surface area contributed by atoms with Crippen molar-refractivity contribution in [1.82, 2.24) is 15.0 Å². The number of esters is 1. The Morgan fingerprint density at radius 2 is 2.24 bits per heavy atom. The molecule has 0 bridgehead atoms. The summed E-state index contributed by atoms with van der Waals surface area (Å²) in [6, 6.07) is 0. The summed E-state index contributed by atoms with van der Waals surface area (Å²) in [5.74, 6) is 0.575. The van der Waals surface area contributed by atoms with Crippen LogP contribution in [0.15, 0.2) is 0 Å². The summed E-state index contributed by atoms with van der Waals surface area (Å²) in [4.78, 5) is 11.7. The van der Waals surface area contributed by atoms with Gasteiger partial charge in [-0.3, -0.25) is 0 Å². The number of nitrogens with zero attached hydrogens (tertiary/aromatic N) is 3. The molecule has 0 unspecified atom stereocenters. The van der Waals surface area contributed by atoms with Crippen molar-refractivity contribution >= 4 is 5.97 Å². The van der Waals surface area contributed by atoms with Gasteiger partial charge >= 0.3 is 5.97 Å². The molecule has 94 valence electrons. The second kappa shape index (κ2) is 4.85. The van der Waals surface area contributed by atoms with Gasteiger partial charge in [-0.15, -0.1) is 5.10 Å². The minimum Gasteiger partial charge on any atom is -0.461 e. The van der Waals surface area contributed by atoms with Crippen LogP contribution in [0.4, 0.5) is 0 Å². The molecule has 0 aliphatic heterocycles. The van der Waals surface area contributed by atoms with Crippen molar-refractivity contribution in [2.45, 2.75) is 46.1 Å². The van der Waals surface area contributed by atoms with Crippen LogP contribution in [0.3, 0.4) is 0 Å². The number of carbonyl (C=O) groups is 1. The summed E-state index contributed by atoms with van der Waals surface area (Å²) >= 11 is 0. The highest BCUT2D eigenvalue weighted by molar-refractivity contribution is 5.88. The highest BCUT2D eigenvalue weighted by Crippen LogP contribution is 2.31. The van der Waals surface area contributed by atoms with E-state index < -0.39 is 0 Å². The van der Waals surface area contributed by atoms with Crippen molar-refractivity contribution in [1.29, 1.82) is 0 Å². The molecular weight excluding hydrogens is 218 g/mol. The minimum absolute atomic E-state index is 0.225. The number of ether oxygens (including phenoxy) is 1. The zero-order valence-electron chi connectivity index (χ0n) is 10.6. The van der Waals surface area contributed by atoms with Crippen LogP contribution in [0.1, 0.15) is 55.7 Å². The first-order valence-corrected chi connectivity index (χ1v) is 6.24. The molecule has 0 spiro atoms. The van der Waals surface area contributed by atoms with E-state index >= 15 is 0 Å². The average Bonchev–Trinajstić information content (AvgIpc) is 2.95. The highest BCUT2D eigenvalue weighted by atomic mass is 16.5. The minimum atomic E-state index is -0.363. The molecule has 0 amide bonds. The van der Waals surface area contributed by atoms with E-state index in [4.69, 9.17) is 4.74 Å². The van der Waals surface area contributed by atoms with Gasteiger partial charge in [0.1, 0.15) is 0 Å². The van der Waals surface area contributed by atoms with Gasteiger partial charge < -0.3 is 4.74 Å². The van der Waals surface area contributed by atoms with E-state index in [1.54, 1.807) is 6.92 Å². The van der Waals surface area contributed by atoms with E-state index in [9.17, 15) is 4.79 Å². The van der Waals surface area contributed by atoms with Gasteiger partial charge in [-0.05, 0) is 31.6 Å². The molecule has 1 aromatic heterocycles. The van der Waals surface area contributed by atoms with Crippen molar-refractivity contribution in [3.05, 3.63) is 11.4 Å². The number of rotatable bonds is 5. The van der Waals surface area contributed by atoms with Crippen LogP contribution in [0, 0.1) is 5.92 Å². The van der Waals surface area contributed by atoms with Crippen LogP contribution >= 0.6 is 0 Å². The fourth-order valence-electron chi connectivity index (χ4n) is 1.92. The Balaban J connectivity index is 2.24.